The topological polar surface area (TPSA) is 58.4 Å². The van der Waals surface area contributed by atoms with Gasteiger partial charge >= 0.3 is 0 Å². The third-order valence-electron chi connectivity index (χ3n) is 6.12. The monoisotopic (exact) mass is 442 g/mol. The number of hydrogen-bond donors (Lipinski definition) is 0. The number of hydrogen-bond acceptors (Lipinski definition) is 3. The van der Waals surface area contributed by atoms with Gasteiger partial charge in [-0.05, 0) is 24.1 Å². The van der Waals surface area contributed by atoms with Crippen LogP contribution in [0.15, 0.2) is 79.9 Å². The van der Waals surface area contributed by atoms with Crippen LogP contribution >= 0.6 is 0 Å². The standard InChI is InChI=1S/C27H30N4O2/c1-3-15-29(16-4-2)26(33)20-31-24-13-9-8-12-23(24)28-27(31)22-18-25(32)30(19-22)17-14-21-10-6-5-7-11-21/h3-13,22H,1-2,14-20H2. The SMILES string of the molecule is C=CCN(CC=C)C(=O)Cn1c(C2CC(=O)N(CCc3ccccc3)C2)nc2ccccc21. The van der Waals surface area contributed by atoms with Gasteiger partial charge < -0.3 is 14.4 Å². The molecule has 2 aromatic carbocycles. The minimum atomic E-state index is -0.0410. The highest BCUT2D eigenvalue weighted by atomic mass is 16.2. The van der Waals surface area contributed by atoms with Crippen molar-refractivity contribution < 1.29 is 9.59 Å². The summed E-state index contributed by atoms with van der Waals surface area (Å²) in [6, 6.07) is 18.0. The van der Waals surface area contributed by atoms with Crippen molar-refractivity contribution in [3.8, 4) is 0 Å². The van der Waals surface area contributed by atoms with Gasteiger partial charge in [-0.3, -0.25) is 9.59 Å². The van der Waals surface area contributed by atoms with E-state index in [9.17, 15) is 9.59 Å². The predicted molar refractivity (Wildman–Crippen MR) is 131 cm³/mol. The second-order valence-electron chi connectivity index (χ2n) is 8.40. The largest absolute Gasteiger partial charge is 0.342 e. The van der Waals surface area contributed by atoms with Gasteiger partial charge in [0.1, 0.15) is 12.4 Å². The van der Waals surface area contributed by atoms with E-state index in [-0.39, 0.29) is 24.3 Å². The minimum absolute atomic E-state index is 0.0236. The number of para-hydroxylation sites is 2. The first-order chi connectivity index (χ1) is 16.1. The molecule has 0 radical (unpaired) electrons. The molecule has 170 valence electrons. The lowest BCUT2D eigenvalue weighted by Gasteiger charge is -2.21. The molecule has 4 rings (SSSR count). The van der Waals surface area contributed by atoms with Gasteiger partial charge in [-0.25, -0.2) is 4.98 Å². The maximum Gasteiger partial charge on any atom is 0.243 e. The summed E-state index contributed by atoms with van der Waals surface area (Å²) < 4.78 is 1.98. The molecular weight excluding hydrogens is 412 g/mol. The average molecular weight is 443 g/mol. The van der Waals surface area contributed by atoms with E-state index < -0.39 is 0 Å². The highest BCUT2D eigenvalue weighted by molar-refractivity contribution is 5.83. The van der Waals surface area contributed by atoms with Gasteiger partial charge in [-0.15, -0.1) is 13.2 Å². The Balaban J connectivity index is 1.56. The Morgan fingerprint density at radius 2 is 1.76 bits per heavy atom. The Labute approximate surface area is 194 Å². The molecule has 1 saturated heterocycles. The zero-order valence-corrected chi connectivity index (χ0v) is 18.9. The zero-order valence-electron chi connectivity index (χ0n) is 18.9. The molecular formula is C27H30N4O2. The molecule has 1 aliphatic heterocycles. The number of carbonyl (C=O) groups is 2. The molecule has 1 fully saturated rings. The molecule has 2 heterocycles. The fraction of sp³-hybridized carbons (Fsp3) is 0.296. The maximum absolute atomic E-state index is 13.1. The second kappa shape index (κ2) is 10.3. The highest BCUT2D eigenvalue weighted by Crippen LogP contribution is 2.30. The molecule has 1 aliphatic rings. The lowest BCUT2D eigenvalue weighted by molar-refractivity contribution is -0.130. The van der Waals surface area contributed by atoms with Crippen LogP contribution in [-0.4, -0.2) is 57.3 Å². The van der Waals surface area contributed by atoms with Gasteiger partial charge in [0, 0.05) is 38.5 Å². The number of nitrogens with zero attached hydrogens (tertiary/aromatic N) is 4. The maximum atomic E-state index is 13.1. The fourth-order valence-electron chi connectivity index (χ4n) is 4.47. The summed E-state index contributed by atoms with van der Waals surface area (Å²) in [4.78, 5) is 34.4. The van der Waals surface area contributed by atoms with Crippen molar-refractivity contribution in [3.05, 3.63) is 91.3 Å². The summed E-state index contributed by atoms with van der Waals surface area (Å²) >= 11 is 0. The molecule has 33 heavy (non-hydrogen) atoms. The summed E-state index contributed by atoms with van der Waals surface area (Å²) in [6.45, 7) is 9.91. The molecule has 1 aromatic heterocycles. The highest BCUT2D eigenvalue weighted by Gasteiger charge is 2.34. The van der Waals surface area contributed by atoms with Gasteiger partial charge in [0.05, 0.1) is 11.0 Å². The third-order valence-corrected chi connectivity index (χ3v) is 6.12. The van der Waals surface area contributed by atoms with Crippen molar-refractivity contribution in [2.24, 2.45) is 0 Å². The molecule has 6 heteroatoms. The summed E-state index contributed by atoms with van der Waals surface area (Å²) in [5.41, 5.74) is 2.97. The quantitative estimate of drug-likeness (QED) is 0.449. The van der Waals surface area contributed by atoms with E-state index in [1.807, 2.05) is 51.9 Å². The number of carbonyl (C=O) groups excluding carboxylic acids is 2. The molecule has 0 bridgehead atoms. The van der Waals surface area contributed by atoms with Crippen molar-refractivity contribution in [1.29, 1.82) is 0 Å². The minimum Gasteiger partial charge on any atom is -0.342 e. The van der Waals surface area contributed by atoms with Crippen LogP contribution in [0.2, 0.25) is 0 Å². The Bertz CT molecular complexity index is 1140. The van der Waals surface area contributed by atoms with Crippen molar-refractivity contribution >= 4 is 22.8 Å². The lowest BCUT2D eigenvalue weighted by atomic mass is 10.1. The van der Waals surface area contributed by atoms with Gasteiger partial charge in [0.15, 0.2) is 0 Å². The Kier molecular flexibility index (Phi) is 7.03. The van der Waals surface area contributed by atoms with Crippen LogP contribution in [0.4, 0.5) is 0 Å². The molecule has 2 amide bonds. The molecule has 0 N–H and O–H groups in total. The number of imidazole rings is 1. The number of rotatable bonds is 10. The first kappa shape index (κ1) is 22.5. The van der Waals surface area contributed by atoms with E-state index in [0.717, 1.165) is 23.3 Å². The van der Waals surface area contributed by atoms with Crippen molar-refractivity contribution in [2.75, 3.05) is 26.2 Å². The van der Waals surface area contributed by atoms with E-state index in [2.05, 4.69) is 25.3 Å². The summed E-state index contributed by atoms with van der Waals surface area (Å²) in [5.74, 6) is 0.878. The van der Waals surface area contributed by atoms with E-state index >= 15 is 0 Å². The molecule has 0 saturated carbocycles. The molecule has 3 aromatic rings. The lowest BCUT2D eigenvalue weighted by Crippen LogP contribution is -2.34. The first-order valence-corrected chi connectivity index (χ1v) is 11.4. The fourth-order valence-corrected chi connectivity index (χ4v) is 4.47. The number of amides is 2. The van der Waals surface area contributed by atoms with Crippen LogP contribution in [0.1, 0.15) is 23.7 Å². The van der Waals surface area contributed by atoms with E-state index in [1.165, 1.54) is 5.56 Å². The summed E-state index contributed by atoms with van der Waals surface area (Å²) in [5, 5.41) is 0. The Hall–Kier alpha value is -3.67. The van der Waals surface area contributed by atoms with Gasteiger partial charge in [0.2, 0.25) is 11.8 Å². The van der Waals surface area contributed by atoms with Crippen molar-refractivity contribution in [3.63, 3.8) is 0 Å². The van der Waals surface area contributed by atoms with Crippen LogP contribution in [-0.2, 0) is 22.6 Å². The molecule has 1 atom stereocenters. The predicted octanol–water partition coefficient (Wildman–Crippen LogP) is 3.80. The van der Waals surface area contributed by atoms with E-state index in [4.69, 9.17) is 4.98 Å². The summed E-state index contributed by atoms with van der Waals surface area (Å²) in [6.07, 6.45) is 4.67. The number of benzene rings is 2. The summed E-state index contributed by atoms with van der Waals surface area (Å²) in [7, 11) is 0. The van der Waals surface area contributed by atoms with Gasteiger partial charge in [-0.2, -0.15) is 0 Å². The second-order valence-corrected chi connectivity index (χ2v) is 8.40. The Morgan fingerprint density at radius 3 is 2.48 bits per heavy atom. The van der Waals surface area contributed by atoms with Crippen molar-refractivity contribution in [2.45, 2.75) is 25.3 Å². The van der Waals surface area contributed by atoms with Crippen LogP contribution in [0.25, 0.3) is 11.0 Å². The normalized spacial score (nSPS) is 15.7. The molecule has 1 unspecified atom stereocenters. The molecule has 6 nitrogen and oxygen atoms in total. The molecule has 0 spiro atoms. The number of likely N-dealkylation sites (tertiary alicyclic amines) is 1. The van der Waals surface area contributed by atoms with E-state index in [1.54, 1.807) is 17.1 Å². The number of aromatic nitrogens is 2. The van der Waals surface area contributed by atoms with Crippen LogP contribution in [0, 0.1) is 0 Å². The smallest absolute Gasteiger partial charge is 0.243 e. The third kappa shape index (κ3) is 5.06. The van der Waals surface area contributed by atoms with Crippen LogP contribution in [0.5, 0.6) is 0 Å². The zero-order chi connectivity index (χ0) is 23.2. The molecule has 0 aliphatic carbocycles. The van der Waals surface area contributed by atoms with Gasteiger partial charge in [0.25, 0.3) is 0 Å². The number of fused-ring (bicyclic) bond motifs is 1. The Morgan fingerprint density at radius 1 is 1.06 bits per heavy atom. The van der Waals surface area contributed by atoms with Crippen LogP contribution < -0.4 is 0 Å². The van der Waals surface area contributed by atoms with Gasteiger partial charge in [-0.1, -0.05) is 54.6 Å². The van der Waals surface area contributed by atoms with Crippen LogP contribution in [0.3, 0.4) is 0 Å². The van der Waals surface area contributed by atoms with Crippen molar-refractivity contribution in [1.82, 2.24) is 19.4 Å². The first-order valence-electron chi connectivity index (χ1n) is 11.4. The van der Waals surface area contributed by atoms with E-state index in [0.29, 0.717) is 32.6 Å². The average Bonchev–Trinajstić information content (AvgIpc) is 3.38.